The minimum atomic E-state index is -0.664. The van der Waals surface area contributed by atoms with E-state index in [0.717, 1.165) is 11.0 Å². The van der Waals surface area contributed by atoms with Gasteiger partial charge in [0.2, 0.25) is 0 Å². The van der Waals surface area contributed by atoms with E-state index >= 15 is 0 Å². The molecule has 0 atom stereocenters. The molecule has 0 aliphatic heterocycles. The number of allylic oxidation sites excluding steroid dienone is 1. The predicted molar refractivity (Wildman–Crippen MR) is 95.9 cm³/mol. The Labute approximate surface area is 137 Å². The number of hydrogen-bond acceptors (Lipinski definition) is 3. The van der Waals surface area contributed by atoms with Crippen molar-refractivity contribution < 1.29 is 0 Å². The maximum atomic E-state index is 12.9. The van der Waals surface area contributed by atoms with E-state index in [-0.39, 0.29) is 19.3 Å². The molecular weight excluding hydrogens is 293 g/mol. The van der Waals surface area contributed by atoms with E-state index < -0.39 is 22.6 Å². The zero-order valence-electron chi connectivity index (χ0n) is 15.2. The maximum Gasteiger partial charge on any atom is 0.337 e. The van der Waals surface area contributed by atoms with Crippen LogP contribution in [0.3, 0.4) is 0 Å². The molecule has 0 radical (unpaired) electrons. The van der Waals surface area contributed by atoms with E-state index in [9.17, 15) is 14.4 Å². The molecule has 0 bridgehead atoms. The summed E-state index contributed by atoms with van der Waals surface area (Å²) in [6.45, 7) is 15.3. The summed E-state index contributed by atoms with van der Waals surface area (Å²) in [6.07, 6.45) is 2.91. The molecule has 6 nitrogen and oxygen atoms in total. The van der Waals surface area contributed by atoms with Crippen LogP contribution in [0.15, 0.2) is 27.0 Å². The Bertz CT molecular complexity index is 753. The molecule has 1 heterocycles. The van der Waals surface area contributed by atoms with Crippen LogP contribution in [0.4, 0.5) is 0 Å². The molecule has 0 aromatic carbocycles. The second kappa shape index (κ2) is 6.77. The van der Waals surface area contributed by atoms with Crippen LogP contribution in [0.25, 0.3) is 0 Å². The highest BCUT2D eigenvalue weighted by Crippen LogP contribution is 2.26. The summed E-state index contributed by atoms with van der Waals surface area (Å²) in [5.41, 5.74) is -2.33. The molecule has 1 aromatic rings. The van der Waals surface area contributed by atoms with Crippen molar-refractivity contribution in [2.45, 2.75) is 71.8 Å². The first kappa shape index (κ1) is 19.3. The van der Waals surface area contributed by atoms with Crippen LogP contribution < -0.4 is 17.1 Å². The Hall–Kier alpha value is -1.79. The van der Waals surface area contributed by atoms with Gasteiger partial charge in [-0.25, -0.2) is 23.5 Å². The van der Waals surface area contributed by atoms with Gasteiger partial charge in [-0.15, -0.1) is 6.58 Å². The van der Waals surface area contributed by atoms with E-state index in [4.69, 9.17) is 0 Å². The van der Waals surface area contributed by atoms with Crippen molar-refractivity contribution in [1.82, 2.24) is 13.6 Å². The van der Waals surface area contributed by atoms with E-state index in [2.05, 4.69) is 6.58 Å². The minimum absolute atomic E-state index is 0.0876. The Morgan fingerprint density at radius 1 is 1.00 bits per heavy atom. The summed E-state index contributed by atoms with van der Waals surface area (Å²) < 4.78 is 3.47. The number of rotatable bonds is 7. The van der Waals surface area contributed by atoms with Gasteiger partial charge in [-0.05, 0) is 25.6 Å². The monoisotopic (exact) mass is 321 g/mol. The van der Waals surface area contributed by atoms with Crippen LogP contribution in [0.2, 0.25) is 5.31 Å². The Kier molecular flexibility index (Phi) is 5.67. The Morgan fingerprint density at radius 3 is 2.00 bits per heavy atom. The van der Waals surface area contributed by atoms with Crippen molar-refractivity contribution in [2.24, 2.45) is 0 Å². The number of nitrogens with zero attached hydrogens (tertiary/aromatic N) is 3. The van der Waals surface area contributed by atoms with Gasteiger partial charge >= 0.3 is 17.1 Å². The highest BCUT2D eigenvalue weighted by Gasteiger charge is 2.29. The van der Waals surface area contributed by atoms with Crippen LogP contribution in [-0.2, 0) is 12.1 Å². The lowest BCUT2D eigenvalue weighted by molar-refractivity contribution is 0.296. The molecule has 0 amide bonds. The zero-order chi connectivity index (χ0) is 18.0. The molecular formula is C16H28BN3O3. The third kappa shape index (κ3) is 3.76. The van der Waals surface area contributed by atoms with Crippen LogP contribution in [0.5, 0.6) is 0 Å². The lowest BCUT2D eigenvalue weighted by atomic mass is 9.61. The molecule has 0 saturated heterocycles. The molecule has 0 fully saturated rings. The van der Waals surface area contributed by atoms with Gasteiger partial charge in [0.25, 0.3) is 7.41 Å². The highest BCUT2D eigenvalue weighted by molar-refractivity contribution is 6.37. The standard InChI is InChI=1S/C16H28BN3O3/c1-8-11-18-12(21)19(16(6,7)10-3)14(23)20(13(18)22)17-15(4,5)9-2/h8,17H,1,9-11H2,2-7H3. The largest absolute Gasteiger partial charge is 0.337 e. The van der Waals surface area contributed by atoms with Crippen LogP contribution in [-0.4, -0.2) is 21.0 Å². The second-order valence-electron chi connectivity index (χ2n) is 7.35. The summed E-state index contributed by atoms with van der Waals surface area (Å²) in [7, 11) is 0.276. The highest BCUT2D eigenvalue weighted by atomic mass is 16.2. The van der Waals surface area contributed by atoms with Crippen molar-refractivity contribution in [3.05, 3.63) is 44.1 Å². The van der Waals surface area contributed by atoms with Crippen molar-refractivity contribution in [3.63, 3.8) is 0 Å². The van der Waals surface area contributed by atoms with Crippen molar-refractivity contribution in [2.75, 3.05) is 0 Å². The lowest BCUT2D eigenvalue weighted by Crippen LogP contribution is -2.60. The molecule has 1 aromatic heterocycles. The average molecular weight is 321 g/mol. The summed E-state index contributed by atoms with van der Waals surface area (Å²) in [5, 5.41) is -0.215. The van der Waals surface area contributed by atoms with E-state index in [1.165, 1.54) is 15.1 Å². The van der Waals surface area contributed by atoms with Crippen LogP contribution in [0.1, 0.15) is 54.4 Å². The summed E-state index contributed by atoms with van der Waals surface area (Å²) in [4.78, 5) is 38.1. The van der Waals surface area contributed by atoms with Gasteiger partial charge in [0.1, 0.15) is 0 Å². The van der Waals surface area contributed by atoms with Gasteiger partial charge in [0.15, 0.2) is 0 Å². The molecule has 1 rings (SSSR count). The lowest BCUT2D eigenvalue weighted by Gasteiger charge is -2.28. The molecule has 0 aliphatic carbocycles. The van der Waals surface area contributed by atoms with Crippen molar-refractivity contribution in [3.8, 4) is 0 Å². The molecule has 0 unspecified atom stereocenters. The number of aromatic nitrogens is 3. The van der Waals surface area contributed by atoms with Crippen molar-refractivity contribution in [1.29, 1.82) is 0 Å². The molecule has 0 N–H and O–H groups in total. The Morgan fingerprint density at radius 2 is 1.57 bits per heavy atom. The molecule has 0 aliphatic rings. The van der Waals surface area contributed by atoms with Crippen LogP contribution in [0, 0.1) is 0 Å². The fourth-order valence-electron chi connectivity index (χ4n) is 2.27. The Balaban J connectivity index is 3.85. The second-order valence-corrected chi connectivity index (χ2v) is 7.35. The van der Waals surface area contributed by atoms with Gasteiger partial charge in [0.05, 0.1) is 0 Å². The SMILES string of the molecule is C=CCn1c(=O)n(BC(C)(C)CC)c(=O)n(C(C)(C)CC)c1=O. The molecule has 23 heavy (non-hydrogen) atoms. The van der Waals surface area contributed by atoms with Gasteiger partial charge < -0.3 is 0 Å². The average Bonchev–Trinajstić information content (AvgIpc) is 2.48. The van der Waals surface area contributed by atoms with Gasteiger partial charge in [-0.2, -0.15) is 0 Å². The fourth-order valence-corrected chi connectivity index (χ4v) is 2.27. The minimum Gasteiger partial charge on any atom is -0.296 e. The number of hydrogen-bond donors (Lipinski definition) is 0. The van der Waals surface area contributed by atoms with Gasteiger partial charge in [-0.1, -0.05) is 40.2 Å². The first-order valence-electron chi connectivity index (χ1n) is 8.10. The van der Waals surface area contributed by atoms with E-state index in [1.807, 2.05) is 41.5 Å². The third-order valence-corrected chi connectivity index (χ3v) is 4.63. The van der Waals surface area contributed by atoms with Gasteiger partial charge in [0, 0.05) is 12.1 Å². The predicted octanol–water partition coefficient (Wildman–Crippen LogP) is 1.31. The molecule has 7 heteroatoms. The molecule has 0 saturated carbocycles. The summed E-state index contributed by atoms with van der Waals surface area (Å²) >= 11 is 0. The third-order valence-electron chi connectivity index (χ3n) is 4.63. The van der Waals surface area contributed by atoms with Gasteiger partial charge in [-0.3, -0.25) is 4.48 Å². The fraction of sp³-hybridized carbons (Fsp3) is 0.688. The normalized spacial score (nSPS) is 12.3. The summed E-state index contributed by atoms with van der Waals surface area (Å²) in [6, 6.07) is 0. The zero-order valence-corrected chi connectivity index (χ0v) is 15.2. The van der Waals surface area contributed by atoms with Crippen molar-refractivity contribution >= 4 is 7.41 Å². The molecule has 128 valence electrons. The van der Waals surface area contributed by atoms with Crippen LogP contribution >= 0.6 is 0 Å². The quantitative estimate of drug-likeness (QED) is 0.562. The maximum absolute atomic E-state index is 12.9. The topological polar surface area (TPSA) is 66.0 Å². The van der Waals surface area contributed by atoms with E-state index in [1.54, 1.807) is 0 Å². The first-order chi connectivity index (χ1) is 10.5. The molecule has 0 spiro atoms. The summed E-state index contributed by atoms with van der Waals surface area (Å²) in [5.74, 6) is 0. The smallest absolute Gasteiger partial charge is 0.296 e. The first-order valence-corrected chi connectivity index (χ1v) is 8.10. The van der Waals surface area contributed by atoms with E-state index in [0.29, 0.717) is 6.42 Å².